The van der Waals surface area contributed by atoms with Crippen molar-refractivity contribution in [1.82, 2.24) is 4.98 Å². The third-order valence-electron chi connectivity index (χ3n) is 3.48. The number of aromatic nitrogens is 1. The summed E-state index contributed by atoms with van der Waals surface area (Å²) in [5, 5.41) is 10.6. The zero-order chi connectivity index (χ0) is 11.8. The Labute approximate surface area is 97.1 Å². The highest BCUT2D eigenvalue weighted by Gasteiger charge is 2.34. The van der Waals surface area contributed by atoms with Gasteiger partial charge in [-0.25, -0.2) is 4.98 Å². The van der Waals surface area contributed by atoms with Gasteiger partial charge >= 0.3 is 0 Å². The van der Waals surface area contributed by atoms with Gasteiger partial charge in [-0.3, -0.25) is 0 Å². The molecule has 0 saturated heterocycles. The Balaban J connectivity index is 2.49. The monoisotopic (exact) mass is 220 g/mol. The van der Waals surface area contributed by atoms with E-state index in [2.05, 4.69) is 11.1 Å². The second-order valence-electron chi connectivity index (χ2n) is 4.81. The van der Waals surface area contributed by atoms with Crippen molar-refractivity contribution in [3.05, 3.63) is 23.4 Å². The lowest BCUT2D eigenvalue weighted by Crippen LogP contribution is -2.31. The minimum absolute atomic E-state index is 0.709. The van der Waals surface area contributed by atoms with Crippen molar-refractivity contribution in [3.8, 4) is 0 Å². The maximum Gasteiger partial charge on any atom is 0.128 e. The fourth-order valence-electron chi connectivity index (χ4n) is 2.37. The van der Waals surface area contributed by atoms with Crippen LogP contribution < -0.4 is 4.90 Å². The van der Waals surface area contributed by atoms with Gasteiger partial charge in [0, 0.05) is 14.1 Å². The van der Waals surface area contributed by atoms with E-state index in [1.54, 1.807) is 0 Å². The quantitative estimate of drug-likeness (QED) is 0.829. The number of pyridine rings is 1. The van der Waals surface area contributed by atoms with Gasteiger partial charge in [0.1, 0.15) is 11.4 Å². The molecule has 2 rings (SSSR count). The molecule has 0 saturated carbocycles. The molecular weight excluding hydrogens is 200 g/mol. The van der Waals surface area contributed by atoms with Crippen molar-refractivity contribution < 1.29 is 5.11 Å². The summed E-state index contributed by atoms with van der Waals surface area (Å²) in [7, 11) is 3.95. The average Bonchev–Trinajstić information content (AvgIpc) is 2.29. The van der Waals surface area contributed by atoms with Gasteiger partial charge in [0.25, 0.3) is 0 Å². The first-order valence-electron chi connectivity index (χ1n) is 5.97. The molecule has 0 bridgehead atoms. The zero-order valence-corrected chi connectivity index (χ0v) is 10.3. The summed E-state index contributed by atoms with van der Waals surface area (Å²) in [6.45, 7) is 2.03. The molecule has 3 nitrogen and oxygen atoms in total. The number of aliphatic hydroxyl groups is 1. The number of hydrogen-bond acceptors (Lipinski definition) is 3. The zero-order valence-electron chi connectivity index (χ0n) is 10.3. The highest BCUT2D eigenvalue weighted by Crippen LogP contribution is 2.37. The number of aryl methyl sites for hydroxylation is 1. The third kappa shape index (κ3) is 1.80. The van der Waals surface area contributed by atoms with E-state index in [1.807, 2.05) is 32.0 Å². The van der Waals surface area contributed by atoms with Crippen molar-refractivity contribution >= 4 is 5.82 Å². The van der Waals surface area contributed by atoms with E-state index in [-0.39, 0.29) is 0 Å². The van der Waals surface area contributed by atoms with Crippen LogP contribution in [-0.2, 0) is 12.0 Å². The van der Waals surface area contributed by atoms with Gasteiger partial charge in [-0.1, -0.05) is 13.0 Å². The molecule has 1 N–H and O–H groups in total. The Hall–Kier alpha value is -1.09. The molecule has 16 heavy (non-hydrogen) atoms. The fraction of sp³-hybridized carbons (Fsp3) is 0.615. The van der Waals surface area contributed by atoms with E-state index in [0.29, 0.717) is 0 Å². The van der Waals surface area contributed by atoms with Crippen LogP contribution in [-0.4, -0.2) is 24.2 Å². The van der Waals surface area contributed by atoms with Crippen molar-refractivity contribution in [2.24, 2.45) is 0 Å². The van der Waals surface area contributed by atoms with Crippen LogP contribution in [0.15, 0.2) is 12.1 Å². The summed E-state index contributed by atoms with van der Waals surface area (Å²) >= 11 is 0. The molecule has 1 aliphatic rings. The molecule has 88 valence electrons. The molecule has 0 fully saturated rings. The minimum atomic E-state index is -0.709. The highest BCUT2D eigenvalue weighted by molar-refractivity contribution is 5.42. The maximum absolute atomic E-state index is 10.6. The lowest BCUT2D eigenvalue weighted by molar-refractivity contribution is 0.0104. The van der Waals surface area contributed by atoms with Gasteiger partial charge in [0.2, 0.25) is 0 Å². The topological polar surface area (TPSA) is 36.4 Å². The molecule has 1 aromatic heterocycles. The Morgan fingerprint density at radius 1 is 1.44 bits per heavy atom. The van der Waals surface area contributed by atoms with Gasteiger partial charge in [0.15, 0.2) is 0 Å². The number of anilines is 1. The van der Waals surface area contributed by atoms with Crippen molar-refractivity contribution in [3.63, 3.8) is 0 Å². The summed E-state index contributed by atoms with van der Waals surface area (Å²) < 4.78 is 0. The maximum atomic E-state index is 10.6. The van der Waals surface area contributed by atoms with Crippen LogP contribution in [0.25, 0.3) is 0 Å². The first-order chi connectivity index (χ1) is 7.57. The van der Waals surface area contributed by atoms with Gasteiger partial charge in [-0.05, 0) is 37.3 Å². The summed E-state index contributed by atoms with van der Waals surface area (Å²) in [5.41, 5.74) is 1.40. The van der Waals surface area contributed by atoms with Gasteiger partial charge in [-0.15, -0.1) is 0 Å². The van der Waals surface area contributed by atoms with E-state index in [0.717, 1.165) is 37.2 Å². The number of fused-ring (bicyclic) bond motifs is 1. The molecule has 0 spiro atoms. The summed E-state index contributed by atoms with van der Waals surface area (Å²) in [4.78, 5) is 6.59. The van der Waals surface area contributed by atoms with E-state index in [9.17, 15) is 5.11 Å². The van der Waals surface area contributed by atoms with Crippen LogP contribution >= 0.6 is 0 Å². The Morgan fingerprint density at radius 2 is 2.19 bits per heavy atom. The van der Waals surface area contributed by atoms with Crippen molar-refractivity contribution in [1.29, 1.82) is 0 Å². The number of hydrogen-bond donors (Lipinski definition) is 1. The molecule has 0 amide bonds. The van der Waals surface area contributed by atoms with E-state index >= 15 is 0 Å². The van der Waals surface area contributed by atoms with Crippen LogP contribution in [0, 0.1) is 0 Å². The number of rotatable bonds is 2. The molecular formula is C13H20N2O. The molecule has 1 atom stereocenters. The molecule has 0 unspecified atom stereocenters. The standard InChI is InChI=1S/C13H20N2O/c1-4-13(16)9-5-6-10-7-8-11(15(2)3)14-12(10)13/h7-8,16H,4-6,9H2,1-3H3/t13-/m0/s1. The molecule has 1 aromatic rings. The predicted molar refractivity (Wildman–Crippen MR) is 65.7 cm³/mol. The summed E-state index contributed by atoms with van der Waals surface area (Å²) in [6, 6.07) is 4.14. The predicted octanol–water partition coefficient (Wildman–Crippen LogP) is 2.08. The van der Waals surface area contributed by atoms with Crippen LogP contribution in [0.2, 0.25) is 0 Å². The van der Waals surface area contributed by atoms with E-state index in [1.165, 1.54) is 5.56 Å². The molecule has 0 aliphatic heterocycles. The second kappa shape index (κ2) is 4.06. The van der Waals surface area contributed by atoms with Gasteiger partial charge in [-0.2, -0.15) is 0 Å². The Kier molecular flexibility index (Phi) is 2.89. The molecule has 1 heterocycles. The SMILES string of the molecule is CC[C@]1(O)CCCc2ccc(N(C)C)nc21. The normalized spacial score (nSPS) is 24.0. The van der Waals surface area contributed by atoms with Crippen molar-refractivity contribution in [2.45, 2.75) is 38.2 Å². The first-order valence-corrected chi connectivity index (χ1v) is 5.97. The van der Waals surface area contributed by atoms with Crippen molar-refractivity contribution in [2.75, 3.05) is 19.0 Å². The minimum Gasteiger partial charge on any atom is -0.384 e. The van der Waals surface area contributed by atoms with Gasteiger partial charge in [0.05, 0.1) is 5.69 Å². The number of nitrogens with zero attached hydrogens (tertiary/aromatic N) is 2. The van der Waals surface area contributed by atoms with Gasteiger partial charge < -0.3 is 10.0 Å². The second-order valence-corrected chi connectivity index (χ2v) is 4.81. The Morgan fingerprint density at radius 3 is 2.81 bits per heavy atom. The third-order valence-corrected chi connectivity index (χ3v) is 3.48. The summed E-state index contributed by atoms with van der Waals surface area (Å²) in [5.74, 6) is 0.924. The van der Waals surface area contributed by atoms with Crippen LogP contribution in [0.5, 0.6) is 0 Å². The van der Waals surface area contributed by atoms with E-state index < -0.39 is 5.60 Å². The molecule has 3 heteroatoms. The molecule has 0 radical (unpaired) electrons. The summed E-state index contributed by atoms with van der Waals surface area (Å²) in [6.07, 6.45) is 3.67. The van der Waals surface area contributed by atoms with Crippen LogP contribution in [0.1, 0.15) is 37.4 Å². The largest absolute Gasteiger partial charge is 0.384 e. The highest BCUT2D eigenvalue weighted by atomic mass is 16.3. The Bertz CT molecular complexity index is 390. The molecule has 1 aliphatic carbocycles. The lowest BCUT2D eigenvalue weighted by atomic mass is 9.81. The lowest BCUT2D eigenvalue weighted by Gasteiger charge is -2.33. The fourth-order valence-corrected chi connectivity index (χ4v) is 2.37. The van der Waals surface area contributed by atoms with E-state index in [4.69, 9.17) is 0 Å². The first kappa shape index (κ1) is 11.4. The van der Waals surface area contributed by atoms with Crippen LogP contribution in [0.4, 0.5) is 5.82 Å². The average molecular weight is 220 g/mol. The smallest absolute Gasteiger partial charge is 0.128 e. The molecule has 0 aromatic carbocycles. The van der Waals surface area contributed by atoms with Crippen LogP contribution in [0.3, 0.4) is 0 Å².